The molecular weight excluding hydrogens is 1480 g/mol. The van der Waals surface area contributed by atoms with Gasteiger partial charge in [0.1, 0.15) is 17.8 Å². The molecule has 11 rings (SSSR count). The third kappa shape index (κ3) is 21.2. The predicted molar refractivity (Wildman–Crippen MR) is 420 cm³/mol. The number of thiazole rings is 1. The summed E-state index contributed by atoms with van der Waals surface area (Å²) < 4.78 is 102. The number of benzene rings is 4. The third-order valence-corrected chi connectivity index (χ3v) is 28.0. The Labute approximate surface area is 650 Å². The number of likely N-dealkylation sites (tertiary alicyclic amines) is 2. The van der Waals surface area contributed by atoms with E-state index in [1.165, 1.54) is 21.6 Å². The highest BCUT2D eigenvalue weighted by molar-refractivity contribution is 7.93. The summed E-state index contributed by atoms with van der Waals surface area (Å²) in [4.78, 5) is 83.0. The summed E-state index contributed by atoms with van der Waals surface area (Å²) in [5.41, 5.74) is 2.91. The smallest absolute Gasteiger partial charge is 0.391 e. The van der Waals surface area contributed by atoms with Crippen molar-refractivity contribution in [2.24, 2.45) is 23.2 Å². The van der Waals surface area contributed by atoms with Gasteiger partial charge in [-0.3, -0.25) is 33.8 Å². The van der Waals surface area contributed by atoms with Crippen LogP contribution in [0.2, 0.25) is 5.02 Å². The number of aromatic nitrogens is 1. The lowest BCUT2D eigenvalue weighted by atomic mass is 9.72. The first-order valence-electron chi connectivity index (χ1n) is 38.9. The van der Waals surface area contributed by atoms with Crippen molar-refractivity contribution in [2.75, 3.05) is 95.9 Å². The number of alkyl halides is 3. The van der Waals surface area contributed by atoms with Crippen LogP contribution in [0.5, 0.6) is 0 Å². The number of ether oxygens (including phenoxy) is 1. The number of halogens is 4. The SMILES string of the molecule is CC[C@@H](CCN1CCOCC1)Cc1ccc(S(=O)(=O)CC(=O)c2ccc(N3CCN(CC4=C(c5ccc(Cl)cc5)CCC(C)(NC5CCC(C6CCN(C(=O)CCCC(=O)N[C@H](C(=O)N7C[C@H](O)C[C@H]7C(=O)N[C@@H](C)c7ccc(-c8scnc8C)cc7)C(C)(C)C)CC6)CC5)C4)CC3)cc2)cc1S(=O)(=O)C(F)(F)F. The van der Waals surface area contributed by atoms with E-state index in [-0.39, 0.29) is 78.6 Å². The number of morpholine rings is 1. The Morgan fingerprint density at radius 1 is 0.798 bits per heavy atom. The molecular formula is C82H109ClF3N9O11S3. The fraction of sp³-hybridized carbons (Fsp3) is 0.585. The van der Waals surface area contributed by atoms with E-state index in [2.05, 4.69) is 54.7 Å². The Morgan fingerprint density at radius 3 is 2.09 bits per heavy atom. The van der Waals surface area contributed by atoms with Crippen LogP contribution in [0.4, 0.5) is 18.9 Å². The number of hydrogen-bond acceptors (Lipinski definition) is 17. The maximum atomic E-state index is 14.4. The van der Waals surface area contributed by atoms with Gasteiger partial charge in [-0.15, -0.1) is 11.3 Å². The molecule has 27 heteroatoms. The highest BCUT2D eigenvalue weighted by Crippen LogP contribution is 2.43. The molecule has 0 spiro atoms. The van der Waals surface area contributed by atoms with Crippen molar-refractivity contribution in [3.05, 3.63) is 135 Å². The zero-order valence-electron chi connectivity index (χ0n) is 64.0. The zero-order valence-corrected chi connectivity index (χ0v) is 67.2. The largest absolute Gasteiger partial charge is 0.501 e. The van der Waals surface area contributed by atoms with Gasteiger partial charge in [-0.05, 0) is 204 Å². The maximum absolute atomic E-state index is 14.4. The molecule has 4 amide bonds. The monoisotopic (exact) mass is 1580 g/mol. The van der Waals surface area contributed by atoms with Crippen LogP contribution in [0, 0.1) is 30.1 Å². The number of anilines is 1. The van der Waals surface area contributed by atoms with Gasteiger partial charge in [-0.1, -0.05) is 93.8 Å². The van der Waals surface area contributed by atoms with E-state index in [1.807, 2.05) is 88.4 Å². The van der Waals surface area contributed by atoms with Crippen molar-refractivity contribution in [3.8, 4) is 10.4 Å². The number of carbonyl (C=O) groups excluding carboxylic acids is 5. The van der Waals surface area contributed by atoms with E-state index < -0.39 is 76.0 Å². The summed E-state index contributed by atoms with van der Waals surface area (Å²) in [6.45, 7) is 22.0. The molecule has 0 radical (unpaired) electrons. The van der Waals surface area contributed by atoms with Gasteiger partial charge in [0.15, 0.2) is 15.6 Å². The Balaban J connectivity index is 0.616. The molecule has 109 heavy (non-hydrogen) atoms. The number of aliphatic hydroxyl groups is 1. The Morgan fingerprint density at radius 2 is 1.46 bits per heavy atom. The lowest BCUT2D eigenvalue weighted by Crippen LogP contribution is -2.57. The van der Waals surface area contributed by atoms with E-state index in [0.29, 0.717) is 94.2 Å². The second-order valence-corrected chi connectivity index (χ2v) is 37.7. The molecule has 4 aliphatic heterocycles. The number of aliphatic hydroxyl groups excluding tert-OH is 1. The highest BCUT2D eigenvalue weighted by Gasteiger charge is 2.49. The normalized spacial score (nSPS) is 22.7. The first-order valence-corrected chi connectivity index (χ1v) is 43.3. The molecule has 4 saturated heterocycles. The molecule has 0 bridgehead atoms. The van der Waals surface area contributed by atoms with E-state index in [4.69, 9.17) is 16.3 Å². The number of aryl methyl sites for hydroxylation is 1. The predicted octanol–water partition coefficient (Wildman–Crippen LogP) is 12.5. The number of amides is 4. The molecule has 1 aromatic heterocycles. The van der Waals surface area contributed by atoms with Crippen LogP contribution in [0.25, 0.3) is 16.0 Å². The fourth-order valence-electron chi connectivity index (χ4n) is 17.0. The van der Waals surface area contributed by atoms with Crippen LogP contribution in [-0.2, 0) is 50.0 Å². The zero-order chi connectivity index (χ0) is 78.2. The molecule has 5 aromatic rings. The summed E-state index contributed by atoms with van der Waals surface area (Å²) >= 11 is 7.98. The summed E-state index contributed by atoms with van der Waals surface area (Å²) in [7, 11) is -10.5. The van der Waals surface area contributed by atoms with E-state index in [9.17, 15) is 59.1 Å². The van der Waals surface area contributed by atoms with Gasteiger partial charge in [0, 0.05) is 113 Å². The van der Waals surface area contributed by atoms with Gasteiger partial charge in [-0.2, -0.15) is 13.2 Å². The van der Waals surface area contributed by atoms with Crippen LogP contribution in [0.15, 0.2) is 112 Å². The van der Waals surface area contributed by atoms with Crippen molar-refractivity contribution >= 4 is 83.3 Å². The van der Waals surface area contributed by atoms with E-state index >= 15 is 0 Å². The number of allylic oxidation sites excluding steroid dienone is 1. The van der Waals surface area contributed by atoms with Crippen molar-refractivity contribution in [1.82, 2.24) is 40.5 Å². The summed E-state index contributed by atoms with van der Waals surface area (Å²) in [5, 5.41) is 21.7. The molecule has 4 aromatic carbocycles. The van der Waals surface area contributed by atoms with Crippen LogP contribution < -0.4 is 20.9 Å². The number of ketones is 1. The molecule has 20 nitrogen and oxygen atoms in total. The van der Waals surface area contributed by atoms with Crippen molar-refractivity contribution < 1.29 is 63.8 Å². The quantitative estimate of drug-likeness (QED) is 0.0340. The molecule has 1 unspecified atom stereocenters. The lowest BCUT2D eigenvalue weighted by Gasteiger charge is -2.45. The van der Waals surface area contributed by atoms with Crippen molar-refractivity contribution in [1.29, 1.82) is 0 Å². The number of nitrogens with zero attached hydrogens (tertiary/aromatic N) is 6. The second kappa shape index (κ2) is 36.0. The standard InChI is InChI=1S/C82H109ClF3N9O11S3/c1-8-56(31-35-91-42-44-106-45-43-91)46-63-22-29-69(48-73(63)109(104,105)82(84,85)86)108(102,103)52-72(97)61-20-27-67(28-21-61)93-40-38-92(39-41-93)50-64-49-81(7,34-30-70(64)60-16-23-65(83)24-17-60)90-66-25-18-58(19-26-66)59-32-36-94(37-33-59)75(99)11-9-10-74(98)89-77(80(4,5)6)79(101)95-51-68(96)47-71(95)78(100)88-54(2)57-12-14-62(15-13-57)76-55(3)87-53-107-76/h12-17,20-24,27-29,48,53-54,56,58-59,66,68,71,77,90,96H,8-11,18-19,25-26,30-47,49-52H2,1-7H3,(H,88,100)(H,89,98)/t54-,56-,58?,66?,68+,71-,77+,81?/m0/s1. The number of hydrogen-bond donors (Lipinski definition) is 4. The summed E-state index contributed by atoms with van der Waals surface area (Å²) in [6.07, 6.45) is 10.0. The van der Waals surface area contributed by atoms with Gasteiger partial charge in [0.2, 0.25) is 23.6 Å². The van der Waals surface area contributed by atoms with Gasteiger partial charge in [0.05, 0.1) is 51.2 Å². The molecule has 594 valence electrons. The Bertz CT molecular complexity index is 4260. The van der Waals surface area contributed by atoms with Crippen LogP contribution in [-0.4, -0.2) is 202 Å². The number of piperazine rings is 1. The topological polar surface area (TPSA) is 248 Å². The summed E-state index contributed by atoms with van der Waals surface area (Å²) in [5.74, 6) is -2.04. The summed E-state index contributed by atoms with van der Waals surface area (Å²) in [6, 6.07) is 23.6. The number of Topliss-reactive ketones (excluding diaryl/α,β-unsaturated/α-hetero) is 1. The van der Waals surface area contributed by atoms with Crippen molar-refractivity contribution in [3.63, 3.8) is 0 Å². The van der Waals surface area contributed by atoms with Crippen LogP contribution in [0.3, 0.4) is 0 Å². The average Bonchev–Trinajstić information content (AvgIpc) is 1.37. The Kier molecular flexibility index (Phi) is 27.5. The number of nitrogens with one attached hydrogen (secondary N) is 3. The Hall–Kier alpha value is -6.62. The molecule has 1 saturated carbocycles. The number of piperidine rings is 1. The minimum Gasteiger partial charge on any atom is -0.391 e. The molecule has 2 aliphatic carbocycles. The third-order valence-electron chi connectivity index (χ3n) is 23.6. The minimum absolute atomic E-state index is 0.00471. The van der Waals surface area contributed by atoms with Crippen LogP contribution >= 0.6 is 22.9 Å². The number of rotatable bonds is 28. The fourth-order valence-corrected chi connectivity index (χ4v) is 20.3. The molecule has 5 heterocycles. The minimum atomic E-state index is -5.95. The van der Waals surface area contributed by atoms with Gasteiger partial charge in [0.25, 0.3) is 9.84 Å². The molecule has 5 fully saturated rings. The second-order valence-electron chi connectivity index (χ2n) is 32.5. The number of β-amino-alcohol motifs (C(OH)–C–C–N with tert-alkyl or cyclic N) is 1. The average molecular weight is 1590 g/mol. The number of carbonyl (C=O) groups is 5. The lowest BCUT2D eigenvalue weighted by molar-refractivity contribution is -0.144. The molecule has 6 aliphatic rings. The highest BCUT2D eigenvalue weighted by atomic mass is 35.5. The van der Waals surface area contributed by atoms with E-state index in [0.717, 1.165) is 130 Å². The first-order chi connectivity index (χ1) is 51.7. The van der Waals surface area contributed by atoms with Gasteiger partial charge < -0.3 is 40.5 Å². The molecule has 4 N–H and O–H groups in total. The van der Waals surface area contributed by atoms with Crippen molar-refractivity contribution in [2.45, 2.75) is 202 Å². The first kappa shape index (κ1) is 83.3. The molecule has 6 atom stereocenters. The van der Waals surface area contributed by atoms with Gasteiger partial charge >= 0.3 is 5.51 Å². The van der Waals surface area contributed by atoms with Gasteiger partial charge in [-0.25, -0.2) is 21.8 Å². The maximum Gasteiger partial charge on any atom is 0.501 e. The number of sulfone groups is 2. The van der Waals surface area contributed by atoms with Crippen LogP contribution in [0.1, 0.15) is 177 Å². The van der Waals surface area contributed by atoms with E-state index in [1.54, 1.807) is 35.6 Å².